The summed E-state index contributed by atoms with van der Waals surface area (Å²) >= 11 is 5.88. The van der Waals surface area contributed by atoms with Crippen molar-refractivity contribution in [3.63, 3.8) is 0 Å². The van der Waals surface area contributed by atoms with Crippen LogP contribution in [0.25, 0.3) is 10.9 Å². The third kappa shape index (κ3) is 4.81. The van der Waals surface area contributed by atoms with Crippen molar-refractivity contribution in [1.29, 1.82) is 0 Å². The van der Waals surface area contributed by atoms with Crippen LogP contribution in [-0.2, 0) is 4.79 Å². The fraction of sp³-hybridized carbons (Fsp3) is 0.261. The molecule has 9 heteroatoms. The molecule has 1 aromatic heterocycles. The van der Waals surface area contributed by atoms with Gasteiger partial charge in [0, 0.05) is 29.3 Å². The fourth-order valence-corrected chi connectivity index (χ4v) is 3.89. The highest BCUT2D eigenvalue weighted by Crippen LogP contribution is 2.33. The van der Waals surface area contributed by atoms with Crippen LogP contribution in [0.3, 0.4) is 0 Å². The number of nitrogens with zero attached hydrogens (tertiary/aromatic N) is 3. The molecule has 1 atom stereocenters. The highest BCUT2D eigenvalue weighted by molar-refractivity contribution is 6.31. The summed E-state index contributed by atoms with van der Waals surface area (Å²) < 4.78 is 18.9. The van der Waals surface area contributed by atoms with Crippen molar-refractivity contribution in [2.24, 2.45) is 0 Å². The van der Waals surface area contributed by atoms with Crippen LogP contribution < -0.4 is 15.4 Å². The van der Waals surface area contributed by atoms with Gasteiger partial charge in [0.05, 0.1) is 23.3 Å². The zero-order valence-electron chi connectivity index (χ0n) is 17.7. The molecule has 1 unspecified atom stereocenters. The Morgan fingerprint density at radius 2 is 2.16 bits per heavy atom. The molecule has 0 aliphatic carbocycles. The average molecular weight is 456 g/mol. The summed E-state index contributed by atoms with van der Waals surface area (Å²) in [6.45, 7) is 1.03. The number of aromatic nitrogens is 2. The number of hydrogen-bond acceptors (Lipinski definition) is 6. The van der Waals surface area contributed by atoms with Gasteiger partial charge in [-0.3, -0.25) is 9.69 Å². The quantitative estimate of drug-likeness (QED) is 0.521. The Morgan fingerprint density at radius 3 is 2.88 bits per heavy atom. The van der Waals surface area contributed by atoms with Crippen LogP contribution in [0.4, 0.5) is 21.6 Å². The van der Waals surface area contributed by atoms with Gasteiger partial charge in [-0.25, -0.2) is 14.4 Å². The topological polar surface area (TPSA) is 79.4 Å². The third-order valence-corrected chi connectivity index (χ3v) is 5.73. The van der Waals surface area contributed by atoms with E-state index in [0.29, 0.717) is 33.8 Å². The van der Waals surface area contributed by atoms with Crippen LogP contribution in [0.5, 0.6) is 5.75 Å². The molecule has 0 bridgehead atoms. The number of fused-ring (bicyclic) bond motifs is 1. The molecule has 0 radical (unpaired) electrons. The minimum Gasteiger partial charge on any atom is -0.494 e. The number of likely N-dealkylation sites (N-methyl/N-ethyl adjacent to an activating group) is 1. The Labute approximate surface area is 190 Å². The molecule has 1 saturated heterocycles. The van der Waals surface area contributed by atoms with Gasteiger partial charge in [-0.15, -0.1) is 0 Å². The summed E-state index contributed by atoms with van der Waals surface area (Å²) in [6.07, 6.45) is 7.05. The molecule has 7 nitrogen and oxygen atoms in total. The van der Waals surface area contributed by atoms with E-state index in [9.17, 15) is 9.18 Å². The normalized spacial score (nSPS) is 16.6. The standard InChI is InChI=1S/C23H23ClFN5O2/c1-30-9-3-4-15(30)6-8-22(31)29-20-11-16-19(12-21(20)32-2)26-13-27-23(16)28-14-5-7-18(25)17(24)10-14/h5-8,10-13,15H,3-4,9H2,1-2H3,(H,29,31)(H,26,27,28)/b8-6+. The molecular formula is C23H23ClFN5O2. The summed E-state index contributed by atoms with van der Waals surface area (Å²) in [5.41, 5.74) is 1.68. The summed E-state index contributed by atoms with van der Waals surface area (Å²) in [5.74, 6) is 0.210. The van der Waals surface area contributed by atoms with Gasteiger partial charge in [-0.1, -0.05) is 17.7 Å². The van der Waals surface area contributed by atoms with Crippen molar-refractivity contribution in [2.45, 2.75) is 18.9 Å². The molecule has 166 valence electrons. The summed E-state index contributed by atoms with van der Waals surface area (Å²) in [6, 6.07) is 8.05. The monoisotopic (exact) mass is 455 g/mol. The molecular weight excluding hydrogens is 433 g/mol. The van der Waals surface area contributed by atoms with E-state index in [-0.39, 0.29) is 17.0 Å². The van der Waals surface area contributed by atoms with Crippen LogP contribution in [-0.4, -0.2) is 47.5 Å². The molecule has 1 aliphatic heterocycles. The van der Waals surface area contributed by atoms with Gasteiger partial charge in [0.1, 0.15) is 23.7 Å². The molecule has 2 N–H and O–H groups in total. The predicted octanol–water partition coefficient (Wildman–Crippen LogP) is 4.76. The largest absolute Gasteiger partial charge is 0.494 e. The Hall–Kier alpha value is -3.23. The minimum atomic E-state index is -0.503. The molecule has 2 heterocycles. The van der Waals surface area contributed by atoms with E-state index in [1.165, 1.54) is 25.6 Å². The SMILES string of the molecule is COc1cc2ncnc(Nc3ccc(F)c(Cl)c3)c2cc1NC(=O)/C=C/C1CCCN1C. The zero-order chi connectivity index (χ0) is 22.7. The molecule has 1 fully saturated rings. The van der Waals surface area contributed by atoms with Crippen LogP contribution in [0.15, 0.2) is 48.8 Å². The number of carbonyl (C=O) groups excluding carboxylic acids is 1. The molecule has 0 saturated carbocycles. The average Bonchev–Trinajstić information content (AvgIpc) is 3.19. The number of methoxy groups -OCH3 is 1. The van der Waals surface area contributed by atoms with Gasteiger partial charge in [-0.05, 0) is 50.7 Å². The number of benzene rings is 2. The number of hydrogen-bond donors (Lipinski definition) is 2. The van der Waals surface area contributed by atoms with Crippen molar-refractivity contribution in [3.05, 3.63) is 59.7 Å². The second-order valence-corrected chi connectivity index (χ2v) is 7.99. The molecule has 2 aromatic carbocycles. The first kappa shape index (κ1) is 22.0. The number of amides is 1. The lowest BCUT2D eigenvalue weighted by molar-refractivity contribution is -0.111. The molecule has 0 spiro atoms. The smallest absolute Gasteiger partial charge is 0.248 e. The van der Waals surface area contributed by atoms with E-state index in [0.717, 1.165) is 19.4 Å². The van der Waals surface area contributed by atoms with Gasteiger partial charge < -0.3 is 15.4 Å². The van der Waals surface area contributed by atoms with Gasteiger partial charge in [0.15, 0.2) is 0 Å². The number of nitrogens with one attached hydrogen (secondary N) is 2. The third-order valence-electron chi connectivity index (χ3n) is 5.44. The first-order chi connectivity index (χ1) is 15.4. The van der Waals surface area contributed by atoms with E-state index in [1.54, 1.807) is 24.3 Å². The second kappa shape index (κ2) is 9.50. The number of carbonyl (C=O) groups is 1. The Kier molecular flexibility index (Phi) is 6.53. The molecule has 1 amide bonds. The van der Waals surface area contributed by atoms with Gasteiger partial charge in [0.2, 0.25) is 5.91 Å². The van der Waals surface area contributed by atoms with E-state index in [2.05, 4.69) is 32.5 Å². The van der Waals surface area contributed by atoms with Crippen molar-refractivity contribution in [2.75, 3.05) is 31.3 Å². The highest BCUT2D eigenvalue weighted by Gasteiger charge is 2.18. The minimum absolute atomic E-state index is 0.00248. The number of rotatable bonds is 6. The number of halogens is 2. The zero-order valence-corrected chi connectivity index (χ0v) is 18.5. The second-order valence-electron chi connectivity index (χ2n) is 7.58. The van der Waals surface area contributed by atoms with E-state index in [1.807, 2.05) is 6.08 Å². The van der Waals surface area contributed by atoms with E-state index >= 15 is 0 Å². The van der Waals surface area contributed by atoms with Crippen molar-refractivity contribution < 1.29 is 13.9 Å². The molecule has 3 aromatic rings. The Balaban J connectivity index is 1.62. The van der Waals surface area contributed by atoms with Crippen LogP contribution in [0, 0.1) is 5.82 Å². The Morgan fingerprint density at radius 1 is 1.31 bits per heavy atom. The van der Waals surface area contributed by atoms with Crippen LogP contribution in [0.2, 0.25) is 5.02 Å². The lowest BCUT2D eigenvalue weighted by atomic mass is 10.1. The number of ether oxygens (including phenoxy) is 1. The summed E-state index contributed by atoms with van der Waals surface area (Å²) in [7, 11) is 3.58. The van der Waals surface area contributed by atoms with E-state index in [4.69, 9.17) is 16.3 Å². The molecule has 32 heavy (non-hydrogen) atoms. The first-order valence-electron chi connectivity index (χ1n) is 10.2. The lowest BCUT2D eigenvalue weighted by Gasteiger charge is -2.15. The van der Waals surface area contributed by atoms with Gasteiger partial charge in [-0.2, -0.15) is 0 Å². The molecule has 1 aliphatic rings. The predicted molar refractivity (Wildman–Crippen MR) is 124 cm³/mol. The van der Waals surface area contributed by atoms with Crippen molar-refractivity contribution in [1.82, 2.24) is 14.9 Å². The highest BCUT2D eigenvalue weighted by atomic mass is 35.5. The maximum atomic E-state index is 13.5. The van der Waals surface area contributed by atoms with Gasteiger partial charge >= 0.3 is 0 Å². The van der Waals surface area contributed by atoms with Crippen LogP contribution >= 0.6 is 11.6 Å². The Bertz CT molecular complexity index is 1190. The first-order valence-corrected chi connectivity index (χ1v) is 10.6. The van der Waals surface area contributed by atoms with Crippen molar-refractivity contribution >= 4 is 45.6 Å². The van der Waals surface area contributed by atoms with Crippen molar-refractivity contribution in [3.8, 4) is 5.75 Å². The van der Waals surface area contributed by atoms with Gasteiger partial charge in [0.25, 0.3) is 0 Å². The lowest BCUT2D eigenvalue weighted by Crippen LogP contribution is -2.23. The fourth-order valence-electron chi connectivity index (χ4n) is 3.71. The maximum Gasteiger partial charge on any atom is 0.248 e. The maximum absolute atomic E-state index is 13.5. The summed E-state index contributed by atoms with van der Waals surface area (Å²) in [4.78, 5) is 23.4. The van der Waals surface area contributed by atoms with Crippen LogP contribution in [0.1, 0.15) is 12.8 Å². The molecule has 4 rings (SSSR count). The van der Waals surface area contributed by atoms with E-state index < -0.39 is 5.82 Å². The number of likely N-dealkylation sites (tertiary alicyclic amines) is 1. The number of anilines is 3. The summed E-state index contributed by atoms with van der Waals surface area (Å²) in [5, 5.41) is 6.66.